The van der Waals surface area contributed by atoms with Gasteiger partial charge in [-0.1, -0.05) is 50.6 Å². The van der Waals surface area contributed by atoms with E-state index in [4.69, 9.17) is 0 Å². The van der Waals surface area contributed by atoms with E-state index in [9.17, 15) is 4.79 Å². The second kappa shape index (κ2) is 7.47. The first-order valence-electron chi connectivity index (χ1n) is 10.1. The Labute approximate surface area is 165 Å². The van der Waals surface area contributed by atoms with Crippen LogP contribution >= 0.6 is 11.3 Å². The predicted octanol–water partition coefficient (Wildman–Crippen LogP) is 6.91. The van der Waals surface area contributed by atoms with Gasteiger partial charge in [-0.15, -0.1) is 11.3 Å². The standard InChI is InChI=1S/C24H27NOS/c1-4-8-17-11-12-21(20-10-7-6-9-19(20)16(17)3)23(26)22-15-18-13-14-27-24(18)25(22)5-2/h6-7,9-10,12-17H,4-5,8,11H2,1-3H3. The fourth-order valence-corrected chi connectivity index (χ4v) is 5.51. The van der Waals surface area contributed by atoms with Gasteiger partial charge in [0.05, 0.1) is 5.69 Å². The maximum atomic E-state index is 13.6. The van der Waals surface area contributed by atoms with E-state index in [2.05, 4.69) is 73.2 Å². The van der Waals surface area contributed by atoms with E-state index in [1.54, 1.807) is 11.3 Å². The summed E-state index contributed by atoms with van der Waals surface area (Å²) in [6, 6.07) is 12.7. The highest BCUT2D eigenvalue weighted by Gasteiger charge is 2.28. The van der Waals surface area contributed by atoms with Crippen LogP contribution in [-0.2, 0) is 6.54 Å². The van der Waals surface area contributed by atoms with E-state index >= 15 is 0 Å². The number of carbonyl (C=O) groups excluding carboxylic acids is 1. The number of thiophene rings is 1. The summed E-state index contributed by atoms with van der Waals surface area (Å²) in [4.78, 5) is 14.8. The minimum Gasteiger partial charge on any atom is -0.330 e. The lowest BCUT2D eigenvalue weighted by Crippen LogP contribution is -2.11. The number of nitrogens with zero attached hydrogens (tertiary/aromatic N) is 1. The summed E-state index contributed by atoms with van der Waals surface area (Å²) in [5, 5.41) is 3.27. The molecule has 1 aliphatic carbocycles. The van der Waals surface area contributed by atoms with Gasteiger partial charge in [-0.2, -0.15) is 0 Å². The lowest BCUT2D eigenvalue weighted by Gasteiger charge is -2.22. The smallest absolute Gasteiger partial charge is 0.209 e. The molecule has 0 bridgehead atoms. The van der Waals surface area contributed by atoms with Gasteiger partial charge in [-0.05, 0) is 60.2 Å². The topological polar surface area (TPSA) is 22.0 Å². The average molecular weight is 378 g/mol. The minimum absolute atomic E-state index is 0.164. The zero-order valence-electron chi connectivity index (χ0n) is 16.4. The van der Waals surface area contributed by atoms with Gasteiger partial charge in [0, 0.05) is 17.5 Å². The van der Waals surface area contributed by atoms with Crippen LogP contribution in [0.2, 0.25) is 0 Å². The molecule has 0 fully saturated rings. The molecule has 0 saturated heterocycles. The van der Waals surface area contributed by atoms with Crippen molar-refractivity contribution >= 4 is 32.9 Å². The number of hydrogen-bond acceptors (Lipinski definition) is 2. The molecule has 0 amide bonds. The van der Waals surface area contributed by atoms with Crippen molar-refractivity contribution in [1.29, 1.82) is 0 Å². The summed E-state index contributed by atoms with van der Waals surface area (Å²) >= 11 is 1.71. The molecule has 2 unspecified atom stereocenters. The van der Waals surface area contributed by atoms with E-state index in [0.29, 0.717) is 11.8 Å². The van der Waals surface area contributed by atoms with Gasteiger partial charge < -0.3 is 4.57 Å². The molecule has 4 rings (SSSR count). The molecule has 2 atom stereocenters. The van der Waals surface area contributed by atoms with Gasteiger partial charge in [0.1, 0.15) is 4.83 Å². The Kier molecular flexibility index (Phi) is 5.05. The Balaban J connectivity index is 1.82. The van der Waals surface area contributed by atoms with Crippen LogP contribution in [0.3, 0.4) is 0 Å². The highest BCUT2D eigenvalue weighted by molar-refractivity contribution is 7.16. The number of rotatable bonds is 5. The van der Waals surface area contributed by atoms with Crippen molar-refractivity contribution in [3.05, 3.63) is 64.7 Å². The van der Waals surface area contributed by atoms with E-state index < -0.39 is 0 Å². The molecule has 1 aliphatic rings. The summed E-state index contributed by atoms with van der Waals surface area (Å²) in [6.45, 7) is 7.50. The van der Waals surface area contributed by atoms with Crippen molar-refractivity contribution in [2.45, 2.75) is 52.5 Å². The second-order valence-corrected chi connectivity index (χ2v) is 8.46. The highest BCUT2D eigenvalue weighted by atomic mass is 32.1. The van der Waals surface area contributed by atoms with Crippen LogP contribution in [0.25, 0.3) is 15.8 Å². The van der Waals surface area contributed by atoms with Crippen molar-refractivity contribution in [2.75, 3.05) is 0 Å². The van der Waals surface area contributed by atoms with E-state index in [1.165, 1.54) is 28.6 Å². The molecular weight excluding hydrogens is 350 g/mol. The second-order valence-electron chi connectivity index (χ2n) is 7.56. The van der Waals surface area contributed by atoms with E-state index in [1.807, 2.05) is 0 Å². The van der Waals surface area contributed by atoms with Crippen molar-refractivity contribution < 1.29 is 4.79 Å². The third kappa shape index (κ3) is 3.08. The maximum Gasteiger partial charge on any atom is 0.209 e. The number of fused-ring (bicyclic) bond motifs is 2. The molecule has 2 aromatic heterocycles. The number of allylic oxidation sites excluding steroid dienone is 2. The molecule has 3 aromatic rings. The summed E-state index contributed by atoms with van der Waals surface area (Å²) in [7, 11) is 0. The fourth-order valence-electron chi connectivity index (χ4n) is 4.55. The van der Waals surface area contributed by atoms with Crippen LogP contribution in [0.1, 0.15) is 67.6 Å². The monoisotopic (exact) mass is 377 g/mol. The van der Waals surface area contributed by atoms with Gasteiger partial charge in [-0.25, -0.2) is 0 Å². The number of ketones is 1. The molecule has 0 saturated carbocycles. The lowest BCUT2D eigenvalue weighted by molar-refractivity contribution is 0.104. The minimum atomic E-state index is 0.164. The van der Waals surface area contributed by atoms with Crippen molar-refractivity contribution in [3.63, 3.8) is 0 Å². The highest BCUT2D eigenvalue weighted by Crippen LogP contribution is 2.40. The predicted molar refractivity (Wildman–Crippen MR) is 116 cm³/mol. The molecule has 2 nitrogen and oxygen atoms in total. The number of aromatic nitrogens is 1. The number of benzene rings is 1. The zero-order chi connectivity index (χ0) is 19.0. The van der Waals surface area contributed by atoms with Gasteiger partial charge in [-0.3, -0.25) is 4.79 Å². The molecule has 0 spiro atoms. The Morgan fingerprint density at radius 3 is 2.81 bits per heavy atom. The summed E-state index contributed by atoms with van der Waals surface area (Å²) in [5.74, 6) is 1.24. The Morgan fingerprint density at radius 2 is 2.04 bits per heavy atom. The van der Waals surface area contributed by atoms with Crippen LogP contribution in [0.15, 0.2) is 47.9 Å². The van der Waals surface area contributed by atoms with Crippen LogP contribution in [0, 0.1) is 5.92 Å². The van der Waals surface area contributed by atoms with Gasteiger partial charge in [0.25, 0.3) is 0 Å². The maximum absolute atomic E-state index is 13.6. The first kappa shape index (κ1) is 18.2. The largest absolute Gasteiger partial charge is 0.330 e. The molecule has 0 aliphatic heterocycles. The van der Waals surface area contributed by atoms with Crippen LogP contribution < -0.4 is 0 Å². The molecule has 140 valence electrons. The number of Topliss-reactive ketones (excluding diaryl/α,β-unsaturated/α-hetero) is 1. The summed E-state index contributed by atoms with van der Waals surface area (Å²) < 4.78 is 2.17. The van der Waals surface area contributed by atoms with Crippen molar-refractivity contribution in [3.8, 4) is 0 Å². The zero-order valence-corrected chi connectivity index (χ0v) is 17.2. The number of hydrogen-bond donors (Lipinski definition) is 0. The van der Waals surface area contributed by atoms with Crippen molar-refractivity contribution in [2.24, 2.45) is 5.92 Å². The Hall–Kier alpha value is -2.13. The molecule has 27 heavy (non-hydrogen) atoms. The van der Waals surface area contributed by atoms with Gasteiger partial charge >= 0.3 is 0 Å². The van der Waals surface area contributed by atoms with E-state index in [-0.39, 0.29) is 5.78 Å². The molecule has 1 aromatic carbocycles. The molecule has 3 heteroatoms. The lowest BCUT2D eigenvalue weighted by atomic mass is 9.82. The van der Waals surface area contributed by atoms with Gasteiger partial charge in [0.15, 0.2) is 0 Å². The van der Waals surface area contributed by atoms with E-state index in [0.717, 1.165) is 29.8 Å². The fraction of sp³-hybridized carbons (Fsp3) is 0.375. The quantitative estimate of drug-likeness (QED) is 0.443. The molecule has 2 heterocycles. The SMILES string of the molecule is CCCC1CC=C(C(=O)c2cc3ccsc3n2CC)c2ccccc2C1C. The van der Waals surface area contributed by atoms with Crippen LogP contribution in [0.4, 0.5) is 0 Å². The van der Waals surface area contributed by atoms with Crippen LogP contribution in [-0.4, -0.2) is 10.4 Å². The Morgan fingerprint density at radius 1 is 1.22 bits per heavy atom. The molecule has 0 radical (unpaired) electrons. The average Bonchev–Trinajstić information content (AvgIpc) is 3.24. The van der Waals surface area contributed by atoms with Gasteiger partial charge in [0.2, 0.25) is 5.78 Å². The first-order chi connectivity index (χ1) is 13.2. The third-order valence-corrected chi connectivity index (χ3v) is 6.98. The van der Waals surface area contributed by atoms with Crippen LogP contribution in [0.5, 0.6) is 0 Å². The normalized spacial score (nSPS) is 19.6. The summed E-state index contributed by atoms with van der Waals surface area (Å²) in [5.41, 5.74) is 4.16. The molecular formula is C24H27NOS. The third-order valence-electron chi connectivity index (χ3n) is 6.03. The number of aryl methyl sites for hydroxylation is 1. The summed E-state index contributed by atoms with van der Waals surface area (Å²) in [6.07, 6.45) is 5.58. The first-order valence-corrected chi connectivity index (χ1v) is 10.9. The Bertz CT molecular complexity index is 1010. The molecule has 0 N–H and O–H groups in total. The van der Waals surface area contributed by atoms with Crippen molar-refractivity contribution in [1.82, 2.24) is 4.57 Å². The number of carbonyl (C=O) groups is 1.